The van der Waals surface area contributed by atoms with Gasteiger partial charge in [-0.15, -0.1) is 0 Å². The van der Waals surface area contributed by atoms with Crippen molar-refractivity contribution in [2.24, 2.45) is 0 Å². The van der Waals surface area contributed by atoms with Gasteiger partial charge in [0.2, 0.25) is 0 Å². The average molecular weight is 383 g/mol. The quantitative estimate of drug-likeness (QED) is 0.706. The second-order valence-corrected chi connectivity index (χ2v) is 6.89. The Bertz CT molecular complexity index is 761. The Balaban J connectivity index is 1.64. The first kappa shape index (κ1) is 18.4. The third-order valence-corrected chi connectivity index (χ3v) is 5.46. The number of nitrogens with one attached hydrogen (secondary N) is 1. The zero-order valence-electron chi connectivity index (χ0n) is 14.4. The zero-order chi connectivity index (χ0) is 19.1. The van der Waals surface area contributed by atoms with Gasteiger partial charge in [0.05, 0.1) is 5.56 Å². The minimum absolute atomic E-state index is 0.00680. The molecular formula is C16H19ClN4O5. The van der Waals surface area contributed by atoms with Crippen molar-refractivity contribution in [2.75, 3.05) is 20.1 Å². The molecule has 2 N–H and O–H groups in total. The van der Waals surface area contributed by atoms with Crippen LogP contribution in [0.5, 0.6) is 0 Å². The van der Waals surface area contributed by atoms with Gasteiger partial charge in [0, 0.05) is 39.2 Å². The van der Waals surface area contributed by atoms with Crippen LogP contribution in [0.1, 0.15) is 30.1 Å². The number of ether oxygens (including phenoxy) is 1. The van der Waals surface area contributed by atoms with E-state index in [1.165, 1.54) is 31.1 Å². The van der Waals surface area contributed by atoms with E-state index in [2.05, 4.69) is 10.3 Å². The Labute approximate surface area is 154 Å². The standard InChI is InChI=1S/C16H19ClN4O5/c1-15(25)16(26-14(24)20(15)2)5-8-21(9-6-16)13(23)19-12(22)10-4-3-7-18-11(10)17/h3-4,7,25H,5-6,8-9H2,1-2H3,(H,19,22,23). The molecule has 0 bridgehead atoms. The fourth-order valence-corrected chi connectivity index (χ4v) is 3.47. The summed E-state index contributed by atoms with van der Waals surface area (Å²) in [6.07, 6.45) is 1.35. The van der Waals surface area contributed by atoms with E-state index < -0.39 is 29.4 Å². The average Bonchev–Trinajstić information content (AvgIpc) is 2.76. The molecule has 1 spiro atoms. The van der Waals surface area contributed by atoms with Crippen LogP contribution >= 0.6 is 11.6 Å². The highest BCUT2D eigenvalue weighted by Gasteiger charge is 2.61. The van der Waals surface area contributed by atoms with E-state index in [0.717, 1.165) is 4.90 Å². The molecule has 10 heteroatoms. The van der Waals surface area contributed by atoms with Gasteiger partial charge in [0.1, 0.15) is 5.15 Å². The number of carbonyl (C=O) groups excluding carboxylic acids is 3. The van der Waals surface area contributed by atoms with E-state index in [0.29, 0.717) is 0 Å². The number of halogens is 1. The molecule has 1 aromatic rings. The molecule has 2 aliphatic heterocycles. The molecule has 1 aromatic heterocycles. The number of amides is 4. The number of aromatic nitrogens is 1. The van der Waals surface area contributed by atoms with Gasteiger partial charge in [-0.05, 0) is 19.1 Å². The lowest BCUT2D eigenvalue weighted by atomic mass is 9.82. The number of hydrogen-bond donors (Lipinski definition) is 2. The van der Waals surface area contributed by atoms with Crippen molar-refractivity contribution in [2.45, 2.75) is 31.1 Å². The summed E-state index contributed by atoms with van der Waals surface area (Å²) < 4.78 is 5.40. The number of hydrogen-bond acceptors (Lipinski definition) is 6. The van der Waals surface area contributed by atoms with Crippen LogP contribution in [-0.4, -0.2) is 69.4 Å². The van der Waals surface area contributed by atoms with Crippen LogP contribution in [0.25, 0.3) is 0 Å². The molecule has 1 atom stereocenters. The number of carbonyl (C=O) groups is 3. The van der Waals surface area contributed by atoms with E-state index in [1.54, 1.807) is 6.07 Å². The van der Waals surface area contributed by atoms with Crippen LogP contribution in [0.2, 0.25) is 5.15 Å². The maximum Gasteiger partial charge on any atom is 0.412 e. The monoisotopic (exact) mass is 382 g/mol. The fraction of sp³-hybridized carbons (Fsp3) is 0.500. The minimum Gasteiger partial charge on any atom is -0.437 e. The maximum absolute atomic E-state index is 12.3. The molecule has 1 unspecified atom stereocenters. The second-order valence-electron chi connectivity index (χ2n) is 6.53. The summed E-state index contributed by atoms with van der Waals surface area (Å²) in [4.78, 5) is 42.7. The summed E-state index contributed by atoms with van der Waals surface area (Å²) in [5.74, 6) is -0.646. The van der Waals surface area contributed by atoms with Gasteiger partial charge in [-0.1, -0.05) is 11.6 Å². The van der Waals surface area contributed by atoms with Crippen molar-refractivity contribution in [1.29, 1.82) is 0 Å². The normalized spacial score (nSPS) is 24.5. The summed E-state index contributed by atoms with van der Waals surface area (Å²) in [5, 5.41) is 12.9. The number of piperidine rings is 1. The summed E-state index contributed by atoms with van der Waals surface area (Å²) in [6.45, 7) is 1.95. The first-order valence-corrected chi connectivity index (χ1v) is 8.46. The highest BCUT2D eigenvalue weighted by atomic mass is 35.5. The maximum atomic E-state index is 12.3. The fourth-order valence-electron chi connectivity index (χ4n) is 3.26. The number of pyridine rings is 1. The van der Waals surface area contributed by atoms with E-state index in [1.807, 2.05) is 0 Å². The molecule has 4 amide bonds. The van der Waals surface area contributed by atoms with Crippen molar-refractivity contribution >= 4 is 29.6 Å². The zero-order valence-corrected chi connectivity index (χ0v) is 15.1. The number of likely N-dealkylation sites (tertiary alicyclic amines) is 1. The van der Waals surface area contributed by atoms with Crippen LogP contribution in [-0.2, 0) is 4.74 Å². The second kappa shape index (κ2) is 6.40. The van der Waals surface area contributed by atoms with E-state index in [9.17, 15) is 19.5 Å². The third kappa shape index (κ3) is 2.86. The molecule has 0 radical (unpaired) electrons. The Hall–Kier alpha value is -2.39. The largest absolute Gasteiger partial charge is 0.437 e. The van der Waals surface area contributed by atoms with E-state index in [-0.39, 0.29) is 36.6 Å². The van der Waals surface area contributed by atoms with Crippen molar-refractivity contribution in [3.05, 3.63) is 29.0 Å². The smallest absolute Gasteiger partial charge is 0.412 e. The van der Waals surface area contributed by atoms with Gasteiger partial charge in [0.15, 0.2) is 11.3 Å². The molecular weight excluding hydrogens is 364 g/mol. The lowest BCUT2D eigenvalue weighted by Gasteiger charge is -2.44. The highest BCUT2D eigenvalue weighted by Crippen LogP contribution is 2.43. The van der Waals surface area contributed by atoms with Gasteiger partial charge in [0.25, 0.3) is 5.91 Å². The molecule has 0 aromatic carbocycles. The van der Waals surface area contributed by atoms with Gasteiger partial charge in [-0.3, -0.25) is 15.0 Å². The van der Waals surface area contributed by atoms with Gasteiger partial charge < -0.3 is 14.7 Å². The van der Waals surface area contributed by atoms with E-state index >= 15 is 0 Å². The van der Waals surface area contributed by atoms with Crippen molar-refractivity contribution < 1.29 is 24.2 Å². The molecule has 0 saturated carbocycles. The van der Waals surface area contributed by atoms with Gasteiger partial charge >= 0.3 is 12.1 Å². The molecule has 140 valence electrons. The number of urea groups is 1. The van der Waals surface area contributed by atoms with Crippen LogP contribution in [0.3, 0.4) is 0 Å². The molecule has 3 heterocycles. The summed E-state index contributed by atoms with van der Waals surface area (Å²) in [6, 6.07) is 2.43. The molecule has 3 rings (SSSR count). The number of rotatable bonds is 1. The minimum atomic E-state index is -1.47. The van der Waals surface area contributed by atoms with Gasteiger partial charge in [-0.2, -0.15) is 0 Å². The number of imide groups is 1. The Morgan fingerprint density at radius 2 is 2.04 bits per heavy atom. The number of aliphatic hydroxyl groups is 1. The predicted octanol–water partition coefficient (Wildman–Crippen LogP) is 1.21. The molecule has 2 saturated heterocycles. The summed E-state index contributed by atoms with van der Waals surface area (Å²) in [7, 11) is 1.46. The lowest BCUT2D eigenvalue weighted by Crippen LogP contribution is -2.61. The Kier molecular flexibility index (Phi) is 4.53. The van der Waals surface area contributed by atoms with Crippen molar-refractivity contribution in [3.63, 3.8) is 0 Å². The number of nitrogens with zero attached hydrogens (tertiary/aromatic N) is 3. The SMILES string of the molecule is CN1C(=O)OC2(CCN(C(=O)NC(=O)c3cccnc3Cl)CC2)C1(C)O. The molecule has 2 aliphatic rings. The predicted molar refractivity (Wildman–Crippen MR) is 90.5 cm³/mol. The van der Waals surface area contributed by atoms with Crippen LogP contribution in [0.4, 0.5) is 9.59 Å². The van der Waals surface area contributed by atoms with Crippen molar-refractivity contribution in [3.8, 4) is 0 Å². The Morgan fingerprint density at radius 1 is 1.38 bits per heavy atom. The summed E-state index contributed by atoms with van der Waals surface area (Å²) >= 11 is 5.85. The highest BCUT2D eigenvalue weighted by molar-refractivity contribution is 6.33. The molecule has 2 fully saturated rings. The summed E-state index contributed by atoms with van der Waals surface area (Å²) in [5.41, 5.74) is -2.44. The van der Waals surface area contributed by atoms with Crippen molar-refractivity contribution in [1.82, 2.24) is 20.1 Å². The first-order chi connectivity index (χ1) is 12.2. The third-order valence-electron chi connectivity index (χ3n) is 5.16. The lowest BCUT2D eigenvalue weighted by molar-refractivity contribution is -0.157. The molecule has 26 heavy (non-hydrogen) atoms. The molecule has 0 aliphatic carbocycles. The molecule has 9 nitrogen and oxygen atoms in total. The van der Waals surface area contributed by atoms with Crippen LogP contribution in [0.15, 0.2) is 18.3 Å². The van der Waals surface area contributed by atoms with E-state index in [4.69, 9.17) is 16.3 Å². The first-order valence-electron chi connectivity index (χ1n) is 8.08. The Morgan fingerprint density at radius 3 is 2.58 bits per heavy atom. The number of likely N-dealkylation sites (N-methyl/N-ethyl adjacent to an activating group) is 1. The van der Waals surface area contributed by atoms with Gasteiger partial charge in [-0.25, -0.2) is 14.6 Å². The van der Waals surface area contributed by atoms with Crippen LogP contribution in [0, 0.1) is 0 Å². The van der Waals surface area contributed by atoms with Crippen LogP contribution < -0.4 is 5.32 Å². The topological polar surface area (TPSA) is 112 Å².